The van der Waals surface area contributed by atoms with Crippen molar-refractivity contribution >= 4 is 26.2 Å². The van der Waals surface area contributed by atoms with Crippen molar-refractivity contribution < 1.29 is 14.0 Å². The van der Waals surface area contributed by atoms with Crippen molar-refractivity contribution in [3.05, 3.63) is 29.8 Å². The van der Waals surface area contributed by atoms with Gasteiger partial charge in [0.15, 0.2) is 8.32 Å². The number of thioether (sulfide) groups is 1. The normalized spacial score (nSPS) is 23.0. The molecule has 1 aliphatic rings. The van der Waals surface area contributed by atoms with E-state index in [4.69, 9.17) is 9.16 Å². The average Bonchev–Trinajstić information content (AvgIpc) is 2.64. The van der Waals surface area contributed by atoms with Gasteiger partial charge in [0.05, 0.1) is 0 Å². The highest BCUT2D eigenvalue weighted by Crippen LogP contribution is 2.41. The van der Waals surface area contributed by atoms with Crippen molar-refractivity contribution in [2.24, 2.45) is 5.92 Å². The first-order valence-corrected chi connectivity index (χ1v) is 15.6. The predicted molar refractivity (Wildman–Crippen MR) is 135 cm³/mol. The second kappa shape index (κ2) is 9.88. The van der Waals surface area contributed by atoms with Crippen molar-refractivity contribution in [3.8, 4) is 0 Å². The number of carbonyl (C=O) groups excluding carboxylic acids is 1. The number of hydrogen-bond acceptors (Lipinski definition) is 4. The summed E-state index contributed by atoms with van der Waals surface area (Å²) < 4.78 is 12.4. The van der Waals surface area contributed by atoms with E-state index in [2.05, 4.69) is 71.3 Å². The van der Waals surface area contributed by atoms with Gasteiger partial charge in [0.25, 0.3) is 0 Å². The van der Waals surface area contributed by atoms with E-state index >= 15 is 0 Å². The van der Waals surface area contributed by atoms with Crippen LogP contribution in [0.3, 0.4) is 0 Å². The molecule has 1 aromatic carbocycles. The van der Waals surface area contributed by atoms with Gasteiger partial charge in [-0.15, -0.1) is 11.8 Å². The third-order valence-corrected chi connectivity index (χ3v) is 12.1. The Morgan fingerprint density at radius 3 is 2.39 bits per heavy atom. The molecule has 31 heavy (non-hydrogen) atoms. The molecule has 3 atom stereocenters. The van der Waals surface area contributed by atoms with E-state index in [1.54, 1.807) is 11.8 Å². The lowest BCUT2D eigenvalue weighted by molar-refractivity contribution is -0.00681. The molecule has 1 fully saturated rings. The molecule has 1 heterocycles. The summed E-state index contributed by atoms with van der Waals surface area (Å²) in [5, 5.41) is 0.157. The number of piperidine rings is 1. The fourth-order valence-electron chi connectivity index (χ4n) is 3.90. The highest BCUT2D eigenvalue weighted by atomic mass is 32.2. The number of hydrogen-bond donors (Lipinski definition) is 0. The predicted octanol–water partition coefficient (Wildman–Crippen LogP) is 7.16. The summed E-state index contributed by atoms with van der Waals surface area (Å²) in [5.41, 5.74) is 0.861. The Bertz CT molecular complexity index is 754. The van der Waals surface area contributed by atoms with Crippen molar-refractivity contribution in [1.82, 2.24) is 4.90 Å². The standard InChI is InChI=1S/C25H43NO3SSi/c1-18-22(17-28-31(9,10)25(5,6)7)21(19-12-11-13-20(16-19)30-8)14-15-26(18)23(27)29-24(2,3)4/h11-13,16,18,21-22H,14-15,17H2,1-10H3. The van der Waals surface area contributed by atoms with Crippen LogP contribution < -0.4 is 0 Å². The zero-order chi connectivity index (χ0) is 23.6. The molecule has 1 saturated heterocycles. The van der Waals surface area contributed by atoms with Gasteiger partial charge in [0.1, 0.15) is 5.60 Å². The van der Waals surface area contributed by atoms with E-state index in [1.165, 1.54) is 10.5 Å². The van der Waals surface area contributed by atoms with E-state index in [0.29, 0.717) is 19.1 Å². The summed E-state index contributed by atoms with van der Waals surface area (Å²) in [5.74, 6) is 0.595. The number of ether oxygens (including phenoxy) is 1. The highest BCUT2D eigenvalue weighted by molar-refractivity contribution is 7.98. The number of rotatable bonds is 5. The van der Waals surface area contributed by atoms with Gasteiger partial charge in [-0.3, -0.25) is 0 Å². The summed E-state index contributed by atoms with van der Waals surface area (Å²) in [4.78, 5) is 16.1. The average molecular weight is 466 g/mol. The number of carbonyl (C=O) groups is 1. The summed E-state index contributed by atoms with van der Waals surface area (Å²) in [6.07, 6.45) is 2.83. The van der Waals surface area contributed by atoms with Gasteiger partial charge in [-0.05, 0) is 82.1 Å². The summed E-state index contributed by atoms with van der Waals surface area (Å²) in [6.45, 7) is 20.7. The Morgan fingerprint density at radius 2 is 1.84 bits per heavy atom. The van der Waals surface area contributed by atoms with Crippen LogP contribution in [0.2, 0.25) is 18.1 Å². The fourth-order valence-corrected chi connectivity index (χ4v) is 5.41. The molecule has 3 unspecified atom stereocenters. The lowest BCUT2D eigenvalue weighted by atomic mass is 9.77. The maximum atomic E-state index is 12.9. The zero-order valence-corrected chi connectivity index (χ0v) is 23.1. The van der Waals surface area contributed by atoms with E-state index in [-0.39, 0.29) is 23.1 Å². The van der Waals surface area contributed by atoms with Gasteiger partial charge >= 0.3 is 6.09 Å². The minimum Gasteiger partial charge on any atom is -0.444 e. The van der Waals surface area contributed by atoms with Gasteiger partial charge in [0.2, 0.25) is 0 Å². The SMILES string of the molecule is CSc1cccc(C2CCN(C(=O)OC(C)(C)C)C(C)C2CO[Si](C)(C)C(C)(C)C)c1. The second-order valence-corrected chi connectivity index (χ2v) is 17.0. The Kier molecular flexibility index (Phi) is 8.37. The van der Waals surface area contributed by atoms with Crippen LogP contribution in [0.15, 0.2) is 29.2 Å². The molecule has 0 aliphatic carbocycles. The van der Waals surface area contributed by atoms with Crippen LogP contribution in [0.5, 0.6) is 0 Å². The maximum absolute atomic E-state index is 12.9. The zero-order valence-electron chi connectivity index (χ0n) is 21.2. The minimum atomic E-state index is -1.89. The third kappa shape index (κ3) is 6.75. The van der Waals surface area contributed by atoms with Crippen LogP contribution in [-0.2, 0) is 9.16 Å². The van der Waals surface area contributed by atoms with Gasteiger partial charge < -0.3 is 14.1 Å². The van der Waals surface area contributed by atoms with Crippen LogP contribution >= 0.6 is 11.8 Å². The van der Waals surface area contributed by atoms with Crippen LogP contribution in [0, 0.1) is 5.92 Å². The van der Waals surface area contributed by atoms with Crippen molar-refractivity contribution in [1.29, 1.82) is 0 Å². The Labute approximate surface area is 195 Å². The lowest BCUT2D eigenvalue weighted by Crippen LogP contribution is -2.53. The largest absolute Gasteiger partial charge is 0.444 e. The summed E-state index contributed by atoms with van der Waals surface area (Å²) >= 11 is 1.77. The van der Waals surface area contributed by atoms with E-state index in [0.717, 1.165) is 6.42 Å². The first-order chi connectivity index (χ1) is 14.2. The Balaban J connectivity index is 2.32. The molecular weight excluding hydrogens is 422 g/mol. The minimum absolute atomic E-state index is 0.0521. The van der Waals surface area contributed by atoms with Crippen LogP contribution in [0.1, 0.15) is 66.4 Å². The van der Waals surface area contributed by atoms with Crippen LogP contribution in [0.25, 0.3) is 0 Å². The molecule has 0 N–H and O–H groups in total. The molecule has 1 aromatic rings. The molecule has 2 rings (SSSR count). The molecule has 1 amide bonds. The van der Waals surface area contributed by atoms with Gasteiger partial charge in [-0.25, -0.2) is 4.79 Å². The molecule has 0 saturated carbocycles. The van der Waals surface area contributed by atoms with Crippen LogP contribution in [0.4, 0.5) is 4.79 Å². The number of nitrogens with zero attached hydrogens (tertiary/aromatic N) is 1. The van der Waals surface area contributed by atoms with Gasteiger partial charge in [-0.2, -0.15) is 0 Å². The molecule has 6 heteroatoms. The lowest BCUT2D eigenvalue weighted by Gasteiger charge is -2.46. The maximum Gasteiger partial charge on any atom is 0.410 e. The van der Waals surface area contributed by atoms with Gasteiger partial charge in [0, 0.05) is 30.0 Å². The molecule has 0 bridgehead atoms. The van der Waals surface area contributed by atoms with E-state index < -0.39 is 13.9 Å². The Hall–Kier alpha value is -0.983. The number of benzene rings is 1. The van der Waals surface area contributed by atoms with Crippen LogP contribution in [-0.4, -0.2) is 50.4 Å². The molecule has 176 valence electrons. The second-order valence-electron chi connectivity index (χ2n) is 11.3. The number of amides is 1. The molecule has 0 radical (unpaired) electrons. The van der Waals surface area contributed by atoms with E-state index in [9.17, 15) is 4.79 Å². The first kappa shape index (κ1) is 26.3. The summed E-state index contributed by atoms with van der Waals surface area (Å²) in [6, 6.07) is 8.91. The van der Waals surface area contributed by atoms with Crippen molar-refractivity contribution in [3.63, 3.8) is 0 Å². The molecular formula is C25H43NO3SSi. The van der Waals surface area contributed by atoms with Gasteiger partial charge in [-0.1, -0.05) is 32.9 Å². The molecule has 4 nitrogen and oxygen atoms in total. The fraction of sp³-hybridized carbons (Fsp3) is 0.720. The van der Waals surface area contributed by atoms with E-state index in [1.807, 2.05) is 25.7 Å². The number of likely N-dealkylation sites (tertiary alicyclic amines) is 1. The monoisotopic (exact) mass is 465 g/mol. The highest BCUT2D eigenvalue weighted by Gasteiger charge is 2.43. The topological polar surface area (TPSA) is 38.8 Å². The molecule has 0 aromatic heterocycles. The Morgan fingerprint density at radius 1 is 1.19 bits per heavy atom. The molecule has 0 spiro atoms. The smallest absolute Gasteiger partial charge is 0.410 e. The van der Waals surface area contributed by atoms with Crippen molar-refractivity contribution in [2.45, 2.75) is 95.5 Å². The first-order valence-electron chi connectivity index (χ1n) is 11.4. The quantitative estimate of drug-likeness (QED) is 0.341. The summed E-state index contributed by atoms with van der Waals surface area (Å²) in [7, 11) is -1.89. The molecule has 1 aliphatic heterocycles. The van der Waals surface area contributed by atoms with Crippen molar-refractivity contribution in [2.75, 3.05) is 19.4 Å². The third-order valence-electron chi connectivity index (χ3n) is 6.90.